The van der Waals surface area contributed by atoms with Gasteiger partial charge in [0.25, 0.3) is 11.8 Å². The molecule has 2 aromatic carbocycles. The summed E-state index contributed by atoms with van der Waals surface area (Å²) in [6.45, 7) is 11.6. The molecule has 0 saturated carbocycles. The molecule has 9 heteroatoms. The number of rotatable bonds is 12. The molecule has 2 amide bonds. The molecule has 0 radical (unpaired) electrons. The monoisotopic (exact) mass is 607 g/mol. The van der Waals surface area contributed by atoms with Crippen molar-refractivity contribution in [1.82, 2.24) is 10.7 Å². The highest BCUT2D eigenvalue weighted by atomic mass is 79.9. The SMILES string of the molecule is C=CCOc1c(Br)cc(/C=N\NC(=O)[C@H](CC(C)C)NC(=O)COc2c(C)cccc2C)cc1Br. The van der Waals surface area contributed by atoms with Gasteiger partial charge in [0.15, 0.2) is 6.61 Å². The quantitative estimate of drug-likeness (QED) is 0.190. The number of carbonyl (C=O) groups excluding carboxylic acids is 2. The molecular formula is C26H31Br2N3O4. The summed E-state index contributed by atoms with van der Waals surface area (Å²) in [5.74, 6) is 0.730. The molecule has 0 aliphatic heterocycles. The molecule has 2 rings (SSSR count). The van der Waals surface area contributed by atoms with Crippen molar-refractivity contribution in [2.24, 2.45) is 11.0 Å². The topological polar surface area (TPSA) is 89.0 Å². The second-order valence-corrected chi connectivity index (χ2v) is 10.1. The van der Waals surface area contributed by atoms with Crippen LogP contribution in [0.3, 0.4) is 0 Å². The van der Waals surface area contributed by atoms with E-state index in [9.17, 15) is 9.59 Å². The van der Waals surface area contributed by atoms with Gasteiger partial charge in [0.1, 0.15) is 24.1 Å². The molecule has 7 nitrogen and oxygen atoms in total. The summed E-state index contributed by atoms with van der Waals surface area (Å²) in [7, 11) is 0. The van der Waals surface area contributed by atoms with Crippen molar-refractivity contribution in [3.05, 3.63) is 68.6 Å². The number of aryl methyl sites for hydroxylation is 2. The molecule has 35 heavy (non-hydrogen) atoms. The number of nitrogens with one attached hydrogen (secondary N) is 2. The van der Waals surface area contributed by atoms with E-state index < -0.39 is 11.9 Å². The molecule has 0 fully saturated rings. The van der Waals surface area contributed by atoms with Crippen LogP contribution in [-0.4, -0.2) is 37.3 Å². The van der Waals surface area contributed by atoms with Gasteiger partial charge in [-0.1, -0.05) is 44.7 Å². The summed E-state index contributed by atoms with van der Waals surface area (Å²) in [5.41, 5.74) is 5.15. The van der Waals surface area contributed by atoms with E-state index >= 15 is 0 Å². The van der Waals surface area contributed by atoms with E-state index in [2.05, 4.69) is 54.3 Å². The fraction of sp³-hybridized carbons (Fsp3) is 0.346. The third kappa shape index (κ3) is 9.14. The average Bonchev–Trinajstić information content (AvgIpc) is 2.77. The Kier molecular flexibility index (Phi) is 11.5. The molecule has 0 unspecified atom stereocenters. The van der Waals surface area contributed by atoms with Gasteiger partial charge < -0.3 is 14.8 Å². The molecule has 2 N–H and O–H groups in total. The maximum atomic E-state index is 12.8. The molecule has 1 atom stereocenters. The lowest BCUT2D eigenvalue weighted by Crippen LogP contribution is -2.47. The number of ether oxygens (including phenoxy) is 2. The molecule has 2 aromatic rings. The van der Waals surface area contributed by atoms with Crippen LogP contribution in [0.1, 0.15) is 37.0 Å². The fourth-order valence-corrected chi connectivity index (χ4v) is 4.74. The normalized spacial score (nSPS) is 11.9. The van der Waals surface area contributed by atoms with Crippen LogP contribution >= 0.6 is 31.9 Å². The van der Waals surface area contributed by atoms with Crippen LogP contribution < -0.4 is 20.2 Å². The predicted molar refractivity (Wildman–Crippen MR) is 146 cm³/mol. The Morgan fingerprint density at radius 1 is 1.09 bits per heavy atom. The Labute approximate surface area is 223 Å². The maximum Gasteiger partial charge on any atom is 0.262 e. The van der Waals surface area contributed by atoms with E-state index in [0.717, 1.165) is 25.6 Å². The molecular weight excluding hydrogens is 578 g/mol. The van der Waals surface area contributed by atoms with Crippen LogP contribution in [0.5, 0.6) is 11.5 Å². The first-order valence-corrected chi connectivity index (χ1v) is 12.7. The minimum absolute atomic E-state index is 0.181. The summed E-state index contributed by atoms with van der Waals surface area (Å²) in [6, 6.07) is 8.67. The smallest absolute Gasteiger partial charge is 0.262 e. The van der Waals surface area contributed by atoms with Gasteiger partial charge in [-0.05, 0) is 86.9 Å². The molecule has 0 saturated heterocycles. The van der Waals surface area contributed by atoms with E-state index in [1.165, 1.54) is 6.21 Å². The zero-order valence-electron chi connectivity index (χ0n) is 20.4. The zero-order valence-corrected chi connectivity index (χ0v) is 23.5. The molecule has 0 aliphatic carbocycles. The lowest BCUT2D eigenvalue weighted by atomic mass is 10.0. The largest absolute Gasteiger partial charge is 0.487 e. The van der Waals surface area contributed by atoms with E-state index in [4.69, 9.17) is 9.47 Å². The van der Waals surface area contributed by atoms with E-state index in [1.54, 1.807) is 6.08 Å². The molecule has 188 valence electrons. The van der Waals surface area contributed by atoms with Gasteiger partial charge >= 0.3 is 0 Å². The first-order chi connectivity index (χ1) is 16.6. The summed E-state index contributed by atoms with van der Waals surface area (Å²) in [5, 5.41) is 6.82. The first kappa shape index (κ1) is 28.6. The number of hydrogen-bond acceptors (Lipinski definition) is 5. The highest BCUT2D eigenvalue weighted by molar-refractivity contribution is 9.11. The fourth-order valence-electron chi connectivity index (χ4n) is 3.29. The van der Waals surface area contributed by atoms with Gasteiger partial charge in [0.2, 0.25) is 0 Å². The van der Waals surface area contributed by atoms with Crippen molar-refractivity contribution in [1.29, 1.82) is 0 Å². The van der Waals surface area contributed by atoms with Gasteiger partial charge in [-0.25, -0.2) is 5.43 Å². The lowest BCUT2D eigenvalue weighted by Gasteiger charge is -2.19. The van der Waals surface area contributed by atoms with Gasteiger partial charge in [-0.2, -0.15) is 5.10 Å². The minimum Gasteiger partial charge on any atom is -0.487 e. The van der Waals surface area contributed by atoms with Crippen molar-refractivity contribution >= 4 is 49.9 Å². The first-order valence-electron chi connectivity index (χ1n) is 11.2. The summed E-state index contributed by atoms with van der Waals surface area (Å²) < 4.78 is 12.8. The number of hydrogen-bond donors (Lipinski definition) is 2. The van der Waals surface area contributed by atoms with Crippen LogP contribution in [-0.2, 0) is 9.59 Å². The Bertz CT molecular complexity index is 1040. The number of halogens is 2. The third-order valence-electron chi connectivity index (χ3n) is 4.87. The highest BCUT2D eigenvalue weighted by Gasteiger charge is 2.22. The van der Waals surface area contributed by atoms with E-state index in [0.29, 0.717) is 24.5 Å². The summed E-state index contributed by atoms with van der Waals surface area (Å²) in [6.07, 6.45) is 3.64. The molecule has 0 bridgehead atoms. The number of carbonyl (C=O) groups is 2. The average molecular weight is 609 g/mol. The van der Waals surface area contributed by atoms with Crippen LogP contribution in [0.4, 0.5) is 0 Å². The van der Waals surface area contributed by atoms with Crippen LogP contribution in [0, 0.1) is 19.8 Å². The van der Waals surface area contributed by atoms with Crippen molar-refractivity contribution in [2.75, 3.05) is 13.2 Å². The Morgan fingerprint density at radius 3 is 2.29 bits per heavy atom. The third-order valence-corrected chi connectivity index (χ3v) is 6.05. The molecule has 0 aliphatic rings. The summed E-state index contributed by atoms with van der Waals surface area (Å²) in [4.78, 5) is 25.3. The number of amides is 2. The van der Waals surface area contributed by atoms with Crippen LogP contribution in [0.25, 0.3) is 0 Å². The Balaban J connectivity index is 2.00. The van der Waals surface area contributed by atoms with Crippen LogP contribution in [0.2, 0.25) is 0 Å². The predicted octanol–water partition coefficient (Wildman–Crippen LogP) is 5.45. The second-order valence-electron chi connectivity index (χ2n) is 8.41. The summed E-state index contributed by atoms with van der Waals surface area (Å²) >= 11 is 6.94. The van der Waals surface area contributed by atoms with Gasteiger partial charge in [-0.15, -0.1) is 0 Å². The van der Waals surface area contributed by atoms with Crippen molar-refractivity contribution in [2.45, 2.75) is 40.2 Å². The number of benzene rings is 2. The number of nitrogens with zero attached hydrogens (tertiary/aromatic N) is 1. The minimum atomic E-state index is -0.741. The standard InChI is InChI=1S/C26H31Br2N3O4/c1-6-10-34-25-20(27)12-19(13-21(25)28)14-29-31-26(33)22(11-16(2)3)30-23(32)15-35-24-17(4)8-7-9-18(24)5/h6-9,12-14,16,22H,1,10-11,15H2,2-5H3,(H,30,32)(H,31,33)/b29-14-/t22-/m0/s1. The van der Waals surface area contributed by atoms with E-state index in [1.807, 2.05) is 58.0 Å². The van der Waals surface area contributed by atoms with Crippen molar-refractivity contribution in [3.8, 4) is 11.5 Å². The van der Waals surface area contributed by atoms with E-state index in [-0.39, 0.29) is 18.4 Å². The van der Waals surface area contributed by atoms with Crippen LogP contribution in [0.15, 0.2) is 57.0 Å². The molecule has 0 spiro atoms. The van der Waals surface area contributed by atoms with Gasteiger partial charge in [-0.3, -0.25) is 9.59 Å². The van der Waals surface area contributed by atoms with Gasteiger partial charge in [0, 0.05) is 0 Å². The van der Waals surface area contributed by atoms with Crippen molar-refractivity contribution in [3.63, 3.8) is 0 Å². The van der Waals surface area contributed by atoms with Crippen molar-refractivity contribution < 1.29 is 19.1 Å². The number of para-hydroxylation sites is 1. The molecule has 0 heterocycles. The van der Waals surface area contributed by atoms with Gasteiger partial charge in [0.05, 0.1) is 15.2 Å². The maximum absolute atomic E-state index is 12.8. The zero-order chi connectivity index (χ0) is 26.0. The Hall–Kier alpha value is -2.65. The lowest BCUT2D eigenvalue weighted by molar-refractivity contribution is -0.130. The second kappa shape index (κ2) is 14.0. The highest BCUT2D eigenvalue weighted by Crippen LogP contribution is 2.34. The molecule has 0 aromatic heterocycles. The number of hydrazone groups is 1. The Morgan fingerprint density at radius 2 is 1.71 bits per heavy atom.